The number of hydrogen-bond donors (Lipinski definition) is 2. The summed E-state index contributed by atoms with van der Waals surface area (Å²) in [6, 6.07) is 0. The smallest absolute Gasteiger partial charge is 0.360 e. The van der Waals surface area contributed by atoms with Crippen LogP contribution in [-0.2, 0) is 9.63 Å². The lowest BCUT2D eigenvalue weighted by molar-refractivity contribution is -0.130. The van der Waals surface area contributed by atoms with Gasteiger partial charge in [-0.3, -0.25) is 0 Å². The van der Waals surface area contributed by atoms with Gasteiger partial charge in [-0.2, -0.15) is 0 Å². The summed E-state index contributed by atoms with van der Waals surface area (Å²) < 4.78 is 0. The minimum Gasteiger partial charge on any atom is -0.476 e. The molecule has 0 aliphatic heterocycles. The fourth-order valence-corrected chi connectivity index (χ4v) is 3.33. The lowest BCUT2D eigenvalue weighted by atomic mass is 9.75. The predicted octanol–water partition coefficient (Wildman–Crippen LogP) is 3.14. The molecule has 1 aromatic heterocycles. The fourth-order valence-electron chi connectivity index (χ4n) is 2.78. The lowest BCUT2D eigenvalue weighted by Gasteiger charge is -2.36. The largest absolute Gasteiger partial charge is 0.476 e. The van der Waals surface area contributed by atoms with Gasteiger partial charge >= 0.3 is 5.97 Å². The second-order valence-electron chi connectivity index (χ2n) is 6.47. The molecule has 7 heteroatoms. The number of oxime groups is 1. The summed E-state index contributed by atoms with van der Waals surface area (Å²) in [5, 5.41) is 15.0. The van der Waals surface area contributed by atoms with Crippen molar-refractivity contribution in [2.75, 3.05) is 5.73 Å². The summed E-state index contributed by atoms with van der Waals surface area (Å²) >= 11 is 1.18. The van der Waals surface area contributed by atoms with Gasteiger partial charge in [0.1, 0.15) is 11.3 Å². The van der Waals surface area contributed by atoms with Gasteiger partial charge in [-0.1, -0.05) is 24.9 Å². The Hall–Kier alpha value is -1.63. The molecule has 1 aliphatic rings. The fraction of sp³-hybridized carbons (Fsp3) is 0.667. The van der Waals surface area contributed by atoms with E-state index < -0.39 is 11.6 Å². The molecule has 3 N–H and O–H groups in total. The number of nitrogens with two attached hydrogens (primary N) is 1. The molecule has 6 nitrogen and oxygen atoms in total. The number of anilines is 1. The zero-order chi connectivity index (χ0) is 16.3. The normalized spacial score (nSPS) is 23.3. The van der Waals surface area contributed by atoms with Gasteiger partial charge < -0.3 is 15.7 Å². The maximum absolute atomic E-state index is 11.4. The Labute approximate surface area is 134 Å². The Bertz CT molecular complexity index is 560. The molecule has 0 atom stereocenters. The van der Waals surface area contributed by atoms with Crippen molar-refractivity contribution in [3.8, 4) is 0 Å². The van der Waals surface area contributed by atoms with Crippen molar-refractivity contribution in [1.29, 1.82) is 0 Å². The van der Waals surface area contributed by atoms with Crippen LogP contribution in [-0.4, -0.2) is 27.4 Å². The molecule has 0 radical (unpaired) electrons. The Morgan fingerprint density at radius 3 is 2.59 bits per heavy atom. The molecule has 0 aromatic carbocycles. The van der Waals surface area contributed by atoms with Crippen LogP contribution in [0.25, 0.3) is 0 Å². The molecule has 22 heavy (non-hydrogen) atoms. The maximum atomic E-state index is 11.4. The monoisotopic (exact) mass is 325 g/mol. The molecule has 0 spiro atoms. The van der Waals surface area contributed by atoms with Crippen LogP contribution >= 0.6 is 11.3 Å². The van der Waals surface area contributed by atoms with Crippen LogP contribution in [0.2, 0.25) is 0 Å². The second kappa shape index (κ2) is 6.64. The van der Waals surface area contributed by atoms with Crippen LogP contribution < -0.4 is 5.73 Å². The van der Waals surface area contributed by atoms with Crippen LogP contribution in [0.3, 0.4) is 0 Å². The first-order valence-corrected chi connectivity index (χ1v) is 8.38. The Kier molecular flexibility index (Phi) is 5.05. The van der Waals surface area contributed by atoms with Gasteiger partial charge in [-0.15, -0.1) is 11.3 Å². The van der Waals surface area contributed by atoms with Crippen molar-refractivity contribution in [2.24, 2.45) is 17.0 Å². The van der Waals surface area contributed by atoms with E-state index in [0.29, 0.717) is 11.0 Å². The van der Waals surface area contributed by atoms with Crippen molar-refractivity contribution >= 4 is 28.1 Å². The number of thiazole rings is 1. The number of nitrogen functional groups attached to an aromatic ring is 1. The van der Waals surface area contributed by atoms with Gasteiger partial charge in [0, 0.05) is 11.3 Å². The van der Waals surface area contributed by atoms with Crippen LogP contribution in [0.15, 0.2) is 10.5 Å². The van der Waals surface area contributed by atoms with Crippen LogP contribution in [0.5, 0.6) is 0 Å². The third kappa shape index (κ3) is 3.97. The average Bonchev–Trinajstić information content (AvgIpc) is 2.85. The molecule has 1 aromatic rings. The summed E-state index contributed by atoms with van der Waals surface area (Å²) in [6.45, 7) is 6.19. The Morgan fingerprint density at radius 1 is 1.45 bits per heavy atom. The summed E-state index contributed by atoms with van der Waals surface area (Å²) in [4.78, 5) is 20.9. The number of aromatic nitrogens is 1. The molecule has 0 amide bonds. The number of carboxylic acid groups (broad SMARTS) is 1. The summed E-state index contributed by atoms with van der Waals surface area (Å²) in [6.07, 6.45) is 4.51. The van der Waals surface area contributed by atoms with Crippen molar-refractivity contribution in [2.45, 2.75) is 52.1 Å². The lowest BCUT2D eigenvalue weighted by Crippen LogP contribution is -2.36. The van der Waals surface area contributed by atoms with E-state index in [0.717, 1.165) is 18.8 Å². The molecule has 0 saturated heterocycles. The zero-order valence-corrected chi connectivity index (χ0v) is 14.0. The zero-order valence-electron chi connectivity index (χ0n) is 13.2. The van der Waals surface area contributed by atoms with Crippen LogP contribution in [0.4, 0.5) is 5.13 Å². The quantitative estimate of drug-likeness (QED) is 0.640. The van der Waals surface area contributed by atoms with E-state index >= 15 is 0 Å². The highest BCUT2D eigenvalue weighted by Crippen LogP contribution is 2.37. The number of carboxylic acids is 1. The summed E-state index contributed by atoms with van der Waals surface area (Å²) in [5.41, 5.74) is 5.08. The minimum atomic E-state index is -1.17. The van der Waals surface area contributed by atoms with Crippen molar-refractivity contribution < 1.29 is 14.7 Å². The molecule has 2 rings (SSSR count). The molecule has 0 unspecified atom stereocenters. The number of hydrogen-bond acceptors (Lipinski definition) is 6. The van der Waals surface area contributed by atoms with Gasteiger partial charge in [0.2, 0.25) is 5.71 Å². The minimum absolute atomic E-state index is 0.204. The number of aliphatic carboxylic acids is 1. The summed E-state index contributed by atoms with van der Waals surface area (Å²) in [7, 11) is 0. The predicted molar refractivity (Wildman–Crippen MR) is 87.0 cm³/mol. The molecule has 1 aliphatic carbocycles. The highest BCUT2D eigenvalue weighted by atomic mass is 32.1. The van der Waals surface area contributed by atoms with Crippen molar-refractivity contribution in [1.82, 2.24) is 4.98 Å². The maximum Gasteiger partial charge on any atom is 0.360 e. The standard InChI is InChI=1S/C15H23N3O3S/c1-9-4-6-10(7-5-9)15(2,3)21-18-12(13(19)20)11-8-22-14(16)17-11/h8-10H,4-7H2,1-3H3,(H2,16,17)(H,19,20)/b18-12-/t9-,10-. The van der Waals surface area contributed by atoms with Gasteiger partial charge in [-0.05, 0) is 32.6 Å². The topological polar surface area (TPSA) is 97.8 Å². The third-order valence-corrected chi connectivity index (χ3v) is 5.01. The van der Waals surface area contributed by atoms with E-state index in [4.69, 9.17) is 10.6 Å². The highest BCUT2D eigenvalue weighted by molar-refractivity contribution is 7.13. The van der Waals surface area contributed by atoms with Crippen LogP contribution in [0, 0.1) is 11.8 Å². The van der Waals surface area contributed by atoms with Gasteiger partial charge in [-0.25, -0.2) is 9.78 Å². The molecule has 1 heterocycles. The molecular formula is C15H23N3O3S. The molecule has 0 bridgehead atoms. The van der Waals surface area contributed by atoms with E-state index in [1.165, 1.54) is 24.2 Å². The van der Waals surface area contributed by atoms with Crippen molar-refractivity contribution in [3.63, 3.8) is 0 Å². The van der Waals surface area contributed by atoms with E-state index in [1.807, 2.05) is 13.8 Å². The van der Waals surface area contributed by atoms with E-state index in [2.05, 4.69) is 17.1 Å². The van der Waals surface area contributed by atoms with Crippen molar-refractivity contribution in [3.05, 3.63) is 11.1 Å². The average molecular weight is 325 g/mol. The number of nitrogens with zero attached hydrogens (tertiary/aromatic N) is 2. The van der Waals surface area contributed by atoms with E-state index in [1.54, 1.807) is 5.38 Å². The van der Waals surface area contributed by atoms with E-state index in [9.17, 15) is 9.90 Å². The molecular weight excluding hydrogens is 302 g/mol. The Balaban J connectivity index is 2.11. The first-order valence-electron chi connectivity index (χ1n) is 7.50. The number of rotatable bonds is 5. The SMILES string of the molecule is CC(C)(O/N=C(\C(=O)O)c1csc(N)n1)[C@H]1CC[C@H](C)CC1. The molecule has 1 saturated carbocycles. The van der Waals surface area contributed by atoms with Gasteiger partial charge in [0.25, 0.3) is 0 Å². The number of carbonyl (C=O) groups is 1. The van der Waals surface area contributed by atoms with Crippen LogP contribution in [0.1, 0.15) is 52.1 Å². The van der Waals surface area contributed by atoms with E-state index in [-0.39, 0.29) is 11.4 Å². The summed E-state index contributed by atoms with van der Waals surface area (Å²) in [5.74, 6) is -0.0375. The molecule has 1 fully saturated rings. The third-order valence-electron chi connectivity index (χ3n) is 4.34. The first-order chi connectivity index (χ1) is 10.3. The Morgan fingerprint density at radius 2 is 2.09 bits per heavy atom. The second-order valence-corrected chi connectivity index (χ2v) is 7.36. The highest BCUT2D eigenvalue weighted by Gasteiger charge is 2.35. The van der Waals surface area contributed by atoms with Gasteiger partial charge in [0.15, 0.2) is 5.13 Å². The first kappa shape index (κ1) is 16.7. The van der Waals surface area contributed by atoms with Gasteiger partial charge in [0.05, 0.1) is 0 Å². The molecule has 122 valence electrons.